The highest BCUT2D eigenvalue weighted by atomic mass is 32.2. The number of anilines is 2. The minimum atomic E-state index is -3.81. The largest absolute Gasteiger partial charge is 0.357 e. The third kappa shape index (κ3) is 3.56. The highest BCUT2D eigenvalue weighted by molar-refractivity contribution is 7.92. The molecule has 1 amide bonds. The molecule has 0 fully saturated rings. The molecule has 0 atom stereocenters. The van der Waals surface area contributed by atoms with E-state index in [-0.39, 0.29) is 16.7 Å². The Morgan fingerprint density at radius 2 is 1.88 bits per heavy atom. The molecule has 3 rings (SSSR count). The van der Waals surface area contributed by atoms with E-state index in [0.717, 1.165) is 0 Å². The Bertz CT molecular complexity index is 989. The van der Waals surface area contributed by atoms with E-state index in [9.17, 15) is 13.2 Å². The van der Waals surface area contributed by atoms with Crippen LogP contribution in [0.25, 0.3) is 0 Å². The third-order valence-corrected chi connectivity index (χ3v) is 5.00. The standard InChI is InChI=1S/C16H16N4O4S/c1-10-11(2)19-24-16(10)20-25(22,23)13-7-5-12(6-8-13)18-15(21)14-4-3-9-17-14/h3-9,17,20H,1-2H3,(H,18,21). The number of aromatic nitrogens is 2. The van der Waals surface area contributed by atoms with E-state index in [2.05, 4.69) is 20.2 Å². The van der Waals surface area contributed by atoms with Gasteiger partial charge in [-0.2, -0.15) is 0 Å². The van der Waals surface area contributed by atoms with E-state index < -0.39 is 10.0 Å². The molecule has 25 heavy (non-hydrogen) atoms. The van der Waals surface area contributed by atoms with Crippen LogP contribution in [0.1, 0.15) is 21.7 Å². The quantitative estimate of drug-likeness (QED) is 0.647. The molecule has 3 N–H and O–H groups in total. The van der Waals surface area contributed by atoms with Gasteiger partial charge in [-0.1, -0.05) is 5.16 Å². The van der Waals surface area contributed by atoms with Crippen LogP contribution in [0.2, 0.25) is 0 Å². The van der Waals surface area contributed by atoms with Crippen molar-refractivity contribution in [1.82, 2.24) is 10.1 Å². The van der Waals surface area contributed by atoms with Crippen LogP contribution in [0.4, 0.5) is 11.6 Å². The first-order valence-electron chi connectivity index (χ1n) is 7.37. The lowest BCUT2D eigenvalue weighted by Crippen LogP contribution is -2.14. The van der Waals surface area contributed by atoms with Gasteiger partial charge in [0.2, 0.25) is 5.88 Å². The Labute approximate surface area is 144 Å². The number of nitrogens with zero attached hydrogens (tertiary/aromatic N) is 1. The van der Waals surface area contributed by atoms with Crippen molar-refractivity contribution in [3.63, 3.8) is 0 Å². The maximum atomic E-state index is 12.4. The van der Waals surface area contributed by atoms with Gasteiger partial charge in [-0.15, -0.1) is 0 Å². The number of hydrogen-bond acceptors (Lipinski definition) is 5. The van der Waals surface area contributed by atoms with E-state index in [0.29, 0.717) is 22.6 Å². The Hall–Kier alpha value is -3.07. The summed E-state index contributed by atoms with van der Waals surface area (Å²) in [4.78, 5) is 14.8. The van der Waals surface area contributed by atoms with E-state index in [4.69, 9.17) is 4.52 Å². The van der Waals surface area contributed by atoms with Crippen molar-refractivity contribution in [2.75, 3.05) is 10.0 Å². The molecule has 0 saturated heterocycles. The number of carbonyl (C=O) groups is 1. The molecule has 3 aromatic rings. The number of hydrogen-bond donors (Lipinski definition) is 3. The van der Waals surface area contributed by atoms with Crippen molar-refractivity contribution in [3.8, 4) is 0 Å². The van der Waals surface area contributed by atoms with Gasteiger partial charge in [0.05, 0.1) is 10.6 Å². The van der Waals surface area contributed by atoms with Crippen molar-refractivity contribution >= 4 is 27.5 Å². The van der Waals surface area contributed by atoms with Crippen molar-refractivity contribution in [2.45, 2.75) is 18.7 Å². The summed E-state index contributed by atoms with van der Waals surface area (Å²) in [5, 5.41) is 6.38. The highest BCUT2D eigenvalue weighted by Crippen LogP contribution is 2.22. The van der Waals surface area contributed by atoms with Crippen LogP contribution in [0, 0.1) is 13.8 Å². The molecule has 9 heteroatoms. The van der Waals surface area contributed by atoms with E-state index in [1.807, 2.05) is 0 Å². The maximum Gasteiger partial charge on any atom is 0.272 e. The van der Waals surface area contributed by atoms with Gasteiger partial charge in [-0.3, -0.25) is 4.79 Å². The average Bonchev–Trinajstić information content (AvgIpc) is 3.21. The van der Waals surface area contributed by atoms with Gasteiger partial charge >= 0.3 is 0 Å². The van der Waals surface area contributed by atoms with Gasteiger partial charge in [0.15, 0.2) is 0 Å². The molecule has 1 aromatic carbocycles. The number of nitrogens with one attached hydrogen (secondary N) is 3. The lowest BCUT2D eigenvalue weighted by atomic mass is 10.3. The third-order valence-electron chi connectivity index (χ3n) is 3.65. The molecular formula is C16H16N4O4S. The topological polar surface area (TPSA) is 117 Å². The predicted octanol–water partition coefficient (Wildman–Crippen LogP) is 2.67. The lowest BCUT2D eigenvalue weighted by Gasteiger charge is -2.08. The van der Waals surface area contributed by atoms with E-state index in [1.54, 1.807) is 32.2 Å². The number of rotatable bonds is 5. The average molecular weight is 360 g/mol. The molecule has 0 bridgehead atoms. The maximum absolute atomic E-state index is 12.4. The predicted molar refractivity (Wildman–Crippen MR) is 92.0 cm³/mol. The van der Waals surface area contributed by atoms with E-state index >= 15 is 0 Å². The number of sulfonamides is 1. The summed E-state index contributed by atoms with van der Waals surface area (Å²) in [6, 6.07) is 9.15. The zero-order valence-electron chi connectivity index (χ0n) is 13.5. The molecule has 0 radical (unpaired) electrons. The minimum absolute atomic E-state index is 0.0406. The summed E-state index contributed by atoms with van der Waals surface area (Å²) in [7, 11) is -3.81. The van der Waals surface area contributed by atoms with Crippen LogP contribution >= 0.6 is 0 Å². The second-order valence-corrected chi connectivity index (χ2v) is 7.07. The second kappa shape index (κ2) is 6.44. The van der Waals surface area contributed by atoms with Crippen molar-refractivity contribution < 1.29 is 17.7 Å². The number of H-pyrrole nitrogens is 1. The summed E-state index contributed by atoms with van der Waals surface area (Å²) in [5.74, 6) is -0.229. The van der Waals surface area contributed by atoms with Crippen molar-refractivity contribution in [1.29, 1.82) is 0 Å². The van der Waals surface area contributed by atoms with Crippen LogP contribution in [0.15, 0.2) is 52.0 Å². The van der Waals surface area contributed by atoms with Gasteiger partial charge in [-0.05, 0) is 50.2 Å². The highest BCUT2D eigenvalue weighted by Gasteiger charge is 2.19. The van der Waals surface area contributed by atoms with Gasteiger partial charge < -0.3 is 14.8 Å². The molecule has 0 saturated carbocycles. The van der Waals surface area contributed by atoms with Crippen LogP contribution in [-0.2, 0) is 10.0 Å². The first-order valence-corrected chi connectivity index (χ1v) is 8.85. The Balaban J connectivity index is 1.75. The lowest BCUT2D eigenvalue weighted by molar-refractivity contribution is 0.102. The molecular weight excluding hydrogens is 344 g/mol. The zero-order valence-corrected chi connectivity index (χ0v) is 14.3. The summed E-state index contributed by atoms with van der Waals surface area (Å²) in [6.45, 7) is 3.43. The second-order valence-electron chi connectivity index (χ2n) is 5.39. The molecule has 0 aliphatic heterocycles. The van der Waals surface area contributed by atoms with Gasteiger partial charge in [0.25, 0.3) is 15.9 Å². The molecule has 0 unspecified atom stereocenters. The SMILES string of the molecule is Cc1noc(NS(=O)(=O)c2ccc(NC(=O)c3ccc[nH]3)cc2)c1C. The summed E-state index contributed by atoms with van der Waals surface area (Å²) >= 11 is 0. The summed E-state index contributed by atoms with van der Waals surface area (Å²) in [6.07, 6.45) is 1.64. The fourth-order valence-corrected chi connectivity index (χ4v) is 3.13. The van der Waals surface area contributed by atoms with Crippen molar-refractivity contribution in [2.24, 2.45) is 0 Å². The van der Waals surface area contributed by atoms with Gasteiger partial charge in [-0.25, -0.2) is 13.1 Å². The number of benzene rings is 1. The molecule has 2 aromatic heterocycles. The summed E-state index contributed by atoms with van der Waals surface area (Å²) in [5.41, 5.74) is 2.12. The minimum Gasteiger partial charge on any atom is -0.357 e. The Kier molecular flexibility index (Phi) is 4.32. The monoisotopic (exact) mass is 360 g/mol. The van der Waals surface area contributed by atoms with Crippen LogP contribution in [-0.4, -0.2) is 24.5 Å². The first kappa shape index (κ1) is 16.8. The normalized spacial score (nSPS) is 11.3. The van der Waals surface area contributed by atoms with Crippen LogP contribution < -0.4 is 10.0 Å². The number of aromatic amines is 1. The van der Waals surface area contributed by atoms with Crippen LogP contribution in [0.3, 0.4) is 0 Å². The van der Waals surface area contributed by atoms with Gasteiger partial charge in [0, 0.05) is 17.4 Å². The molecule has 0 aliphatic carbocycles. The van der Waals surface area contributed by atoms with Crippen molar-refractivity contribution in [3.05, 3.63) is 59.5 Å². The summed E-state index contributed by atoms with van der Waals surface area (Å²) < 4.78 is 32.1. The molecule has 0 spiro atoms. The fraction of sp³-hybridized carbons (Fsp3) is 0.125. The smallest absolute Gasteiger partial charge is 0.272 e. The first-order chi connectivity index (χ1) is 11.9. The van der Waals surface area contributed by atoms with E-state index in [1.165, 1.54) is 24.3 Å². The molecule has 2 heterocycles. The molecule has 8 nitrogen and oxygen atoms in total. The molecule has 0 aliphatic rings. The Morgan fingerprint density at radius 1 is 1.16 bits per heavy atom. The Morgan fingerprint density at radius 3 is 2.44 bits per heavy atom. The van der Waals surface area contributed by atoms with Gasteiger partial charge in [0.1, 0.15) is 5.69 Å². The fourth-order valence-electron chi connectivity index (χ4n) is 2.08. The number of carbonyl (C=O) groups excluding carboxylic acids is 1. The molecule has 130 valence electrons. The van der Waals surface area contributed by atoms with Crippen LogP contribution in [0.5, 0.6) is 0 Å². The zero-order chi connectivity index (χ0) is 18.0. The number of amides is 1. The number of aryl methyl sites for hydroxylation is 1.